The van der Waals surface area contributed by atoms with Crippen LogP contribution in [0.5, 0.6) is 0 Å². The van der Waals surface area contributed by atoms with Gasteiger partial charge < -0.3 is 5.11 Å². The van der Waals surface area contributed by atoms with Crippen molar-refractivity contribution in [2.24, 2.45) is 0 Å². The molecular formula is C18H17FN2O3S. The Bertz CT molecular complexity index is 922. The molecule has 1 aliphatic rings. The van der Waals surface area contributed by atoms with Crippen molar-refractivity contribution in [2.45, 2.75) is 18.0 Å². The SMILES string of the molecule is CS(=O)(=O)N1[C@H](C#N)[C@H](c2ccccc2-c2ccc(F)cc2)[C@@H]1CO. The fraction of sp³-hybridized carbons (Fsp3) is 0.278. The topological polar surface area (TPSA) is 81.4 Å². The van der Waals surface area contributed by atoms with Crippen LogP contribution in [0.25, 0.3) is 11.1 Å². The summed E-state index contributed by atoms with van der Waals surface area (Å²) in [6.07, 6.45) is 1.03. The number of sulfonamides is 1. The first kappa shape index (κ1) is 17.5. The molecule has 1 saturated heterocycles. The normalized spacial score (nSPS) is 23.7. The van der Waals surface area contributed by atoms with Crippen LogP contribution in [0, 0.1) is 17.1 Å². The van der Waals surface area contributed by atoms with Crippen LogP contribution in [0.3, 0.4) is 0 Å². The summed E-state index contributed by atoms with van der Waals surface area (Å²) in [5.41, 5.74) is 2.32. The van der Waals surface area contributed by atoms with Crippen molar-refractivity contribution in [3.63, 3.8) is 0 Å². The second-order valence-corrected chi connectivity index (χ2v) is 7.92. The van der Waals surface area contributed by atoms with Crippen LogP contribution in [0.4, 0.5) is 4.39 Å². The molecular weight excluding hydrogens is 343 g/mol. The van der Waals surface area contributed by atoms with E-state index in [0.29, 0.717) is 0 Å². The highest BCUT2D eigenvalue weighted by Crippen LogP contribution is 2.45. The first-order chi connectivity index (χ1) is 11.9. The van der Waals surface area contributed by atoms with E-state index in [0.717, 1.165) is 27.3 Å². The molecule has 1 fully saturated rings. The lowest BCUT2D eigenvalue weighted by atomic mass is 9.75. The van der Waals surface area contributed by atoms with Gasteiger partial charge in [0.05, 0.1) is 25.0 Å². The second kappa shape index (κ2) is 6.56. The Hall–Kier alpha value is -2.27. The fourth-order valence-corrected chi connectivity index (χ4v) is 4.75. The highest BCUT2D eigenvalue weighted by Gasteiger charge is 2.54. The average molecular weight is 360 g/mol. The van der Waals surface area contributed by atoms with Crippen molar-refractivity contribution in [1.82, 2.24) is 4.31 Å². The van der Waals surface area contributed by atoms with E-state index in [1.54, 1.807) is 18.2 Å². The van der Waals surface area contributed by atoms with Crippen LogP contribution in [-0.4, -0.2) is 42.8 Å². The second-order valence-electron chi connectivity index (χ2n) is 6.04. The Balaban J connectivity index is 2.08. The lowest BCUT2D eigenvalue weighted by Crippen LogP contribution is -2.64. The Kier molecular flexibility index (Phi) is 4.60. The number of hydrogen-bond acceptors (Lipinski definition) is 4. The third kappa shape index (κ3) is 3.04. The summed E-state index contributed by atoms with van der Waals surface area (Å²) in [6, 6.07) is 13.7. The molecule has 0 unspecified atom stereocenters. The van der Waals surface area contributed by atoms with Gasteiger partial charge in [0.25, 0.3) is 0 Å². The molecule has 1 N–H and O–H groups in total. The predicted molar refractivity (Wildman–Crippen MR) is 91.5 cm³/mol. The number of nitriles is 1. The number of rotatable bonds is 4. The van der Waals surface area contributed by atoms with Gasteiger partial charge in [-0.3, -0.25) is 0 Å². The number of aliphatic hydroxyl groups excluding tert-OH is 1. The molecule has 0 saturated carbocycles. The molecule has 0 radical (unpaired) electrons. The van der Waals surface area contributed by atoms with Crippen LogP contribution < -0.4 is 0 Å². The minimum absolute atomic E-state index is 0.351. The molecule has 0 aliphatic carbocycles. The maximum absolute atomic E-state index is 13.2. The molecule has 130 valence electrons. The molecule has 7 heteroatoms. The zero-order valence-electron chi connectivity index (χ0n) is 13.5. The number of halogens is 1. The van der Waals surface area contributed by atoms with Gasteiger partial charge in [-0.2, -0.15) is 9.57 Å². The van der Waals surface area contributed by atoms with Gasteiger partial charge in [-0.1, -0.05) is 36.4 Å². The Labute approximate surface area is 146 Å². The smallest absolute Gasteiger partial charge is 0.212 e. The fourth-order valence-electron chi connectivity index (χ4n) is 3.47. The summed E-state index contributed by atoms with van der Waals surface area (Å²) in [7, 11) is -3.61. The summed E-state index contributed by atoms with van der Waals surface area (Å²) in [5.74, 6) is -0.803. The standard InChI is InChI=1S/C18H17FN2O3S/c1-25(23,24)21-16(10-20)18(17(21)11-22)15-5-3-2-4-14(15)12-6-8-13(19)9-7-12/h2-9,16-18,22H,11H2,1H3/t16-,17+,18+/m1/s1. The monoisotopic (exact) mass is 360 g/mol. The molecule has 0 bridgehead atoms. The lowest BCUT2D eigenvalue weighted by molar-refractivity contribution is 0.0566. The van der Waals surface area contributed by atoms with Crippen molar-refractivity contribution in [1.29, 1.82) is 5.26 Å². The van der Waals surface area contributed by atoms with E-state index in [4.69, 9.17) is 0 Å². The highest BCUT2D eigenvalue weighted by atomic mass is 32.2. The first-order valence-electron chi connectivity index (χ1n) is 7.72. The molecule has 2 aromatic rings. The van der Waals surface area contributed by atoms with Gasteiger partial charge in [0.1, 0.15) is 11.9 Å². The molecule has 1 heterocycles. The van der Waals surface area contributed by atoms with Gasteiger partial charge in [-0.15, -0.1) is 0 Å². The zero-order chi connectivity index (χ0) is 18.2. The van der Waals surface area contributed by atoms with E-state index >= 15 is 0 Å². The van der Waals surface area contributed by atoms with Crippen LogP contribution in [0.1, 0.15) is 11.5 Å². The van der Waals surface area contributed by atoms with E-state index in [1.807, 2.05) is 24.3 Å². The first-order valence-corrected chi connectivity index (χ1v) is 9.57. The largest absolute Gasteiger partial charge is 0.395 e. The molecule has 5 nitrogen and oxygen atoms in total. The molecule has 1 aliphatic heterocycles. The minimum Gasteiger partial charge on any atom is -0.395 e. The third-order valence-electron chi connectivity index (χ3n) is 4.53. The molecule has 3 atom stereocenters. The Morgan fingerprint density at radius 1 is 1.20 bits per heavy atom. The Morgan fingerprint density at radius 2 is 1.84 bits per heavy atom. The molecule has 3 rings (SSSR count). The number of nitrogens with zero attached hydrogens (tertiary/aromatic N) is 2. The maximum atomic E-state index is 13.2. The van der Waals surface area contributed by atoms with Crippen molar-refractivity contribution in [3.05, 3.63) is 59.9 Å². The molecule has 25 heavy (non-hydrogen) atoms. The van der Waals surface area contributed by atoms with Gasteiger partial charge >= 0.3 is 0 Å². The number of hydrogen-bond donors (Lipinski definition) is 1. The summed E-state index contributed by atoms with van der Waals surface area (Å²) in [6.45, 7) is -0.381. The van der Waals surface area contributed by atoms with E-state index in [1.165, 1.54) is 12.1 Å². The van der Waals surface area contributed by atoms with Gasteiger partial charge in [0.2, 0.25) is 10.0 Å². The predicted octanol–water partition coefficient (Wildman–Crippen LogP) is 2.10. The van der Waals surface area contributed by atoms with Gasteiger partial charge in [-0.25, -0.2) is 12.8 Å². The van der Waals surface area contributed by atoms with Gasteiger partial charge in [-0.05, 0) is 28.8 Å². The van der Waals surface area contributed by atoms with Crippen LogP contribution >= 0.6 is 0 Å². The Morgan fingerprint density at radius 3 is 2.40 bits per heavy atom. The number of benzene rings is 2. The zero-order valence-corrected chi connectivity index (χ0v) is 14.3. The van der Waals surface area contributed by atoms with Crippen molar-refractivity contribution in [3.8, 4) is 17.2 Å². The molecule has 2 aromatic carbocycles. The number of aliphatic hydroxyl groups is 1. The summed E-state index contributed by atoms with van der Waals surface area (Å²) in [4.78, 5) is 0. The maximum Gasteiger partial charge on any atom is 0.212 e. The highest BCUT2D eigenvalue weighted by molar-refractivity contribution is 7.88. The lowest BCUT2D eigenvalue weighted by Gasteiger charge is -2.50. The molecule has 0 spiro atoms. The van der Waals surface area contributed by atoms with Crippen LogP contribution in [-0.2, 0) is 10.0 Å². The van der Waals surface area contributed by atoms with Crippen molar-refractivity contribution >= 4 is 10.0 Å². The molecule has 0 amide bonds. The van der Waals surface area contributed by atoms with E-state index < -0.39 is 28.0 Å². The van der Waals surface area contributed by atoms with Crippen LogP contribution in [0.15, 0.2) is 48.5 Å². The summed E-state index contributed by atoms with van der Waals surface area (Å²) >= 11 is 0. The minimum atomic E-state index is -3.61. The van der Waals surface area contributed by atoms with Crippen LogP contribution in [0.2, 0.25) is 0 Å². The summed E-state index contributed by atoms with van der Waals surface area (Å²) < 4.78 is 38.1. The third-order valence-corrected chi connectivity index (χ3v) is 5.80. The average Bonchev–Trinajstić information content (AvgIpc) is 2.55. The van der Waals surface area contributed by atoms with E-state index in [2.05, 4.69) is 0 Å². The summed E-state index contributed by atoms with van der Waals surface area (Å²) in [5, 5.41) is 19.2. The van der Waals surface area contributed by atoms with E-state index in [-0.39, 0.29) is 12.4 Å². The van der Waals surface area contributed by atoms with Crippen molar-refractivity contribution < 1.29 is 17.9 Å². The van der Waals surface area contributed by atoms with Gasteiger partial charge in [0.15, 0.2) is 0 Å². The van der Waals surface area contributed by atoms with Crippen molar-refractivity contribution in [2.75, 3.05) is 12.9 Å². The molecule has 0 aromatic heterocycles. The van der Waals surface area contributed by atoms with E-state index in [9.17, 15) is 23.2 Å². The quantitative estimate of drug-likeness (QED) is 0.905. The van der Waals surface area contributed by atoms with Gasteiger partial charge in [0, 0.05) is 5.92 Å².